The summed E-state index contributed by atoms with van der Waals surface area (Å²) < 4.78 is 48.0. The number of amides is 1. The van der Waals surface area contributed by atoms with Gasteiger partial charge in [0.2, 0.25) is 5.82 Å². The molecule has 0 unspecified atom stereocenters. The Labute approximate surface area is 180 Å². The molecule has 31 heavy (non-hydrogen) atoms. The largest absolute Gasteiger partial charge is 0.484 e. The predicted molar refractivity (Wildman–Crippen MR) is 108 cm³/mol. The van der Waals surface area contributed by atoms with Gasteiger partial charge in [0.05, 0.1) is 4.88 Å². The first-order valence-corrected chi connectivity index (χ1v) is 10.2. The van der Waals surface area contributed by atoms with Crippen molar-refractivity contribution in [2.45, 2.75) is 19.1 Å². The number of halogens is 3. The molecule has 2 aromatic heterocycles. The van der Waals surface area contributed by atoms with Crippen LogP contribution in [0.15, 0.2) is 34.9 Å². The van der Waals surface area contributed by atoms with Gasteiger partial charge in [-0.25, -0.2) is 0 Å². The summed E-state index contributed by atoms with van der Waals surface area (Å²) in [6.07, 6.45) is -4.08. The Kier molecular flexibility index (Phi) is 5.61. The smallest absolute Gasteiger partial charge is 0.471 e. The standard InChI is InChI=1S/C20H19F3N4O3S/c1-26(2)13-4-3-5-14(9-13)29-11-17(28)27-7-6-15-12(10-27)8-16(31-15)18-24-19(30-25-18)20(21,22)23/h3-5,8-9H,6-7,10-11H2,1-2H3. The molecular formula is C20H19F3N4O3S. The number of alkyl halides is 3. The van der Waals surface area contributed by atoms with Crippen LogP contribution >= 0.6 is 11.3 Å². The van der Waals surface area contributed by atoms with Gasteiger partial charge in [0.1, 0.15) is 5.75 Å². The Morgan fingerprint density at radius 2 is 2.13 bits per heavy atom. The van der Waals surface area contributed by atoms with Crippen LogP contribution < -0.4 is 9.64 Å². The van der Waals surface area contributed by atoms with E-state index in [4.69, 9.17) is 4.74 Å². The minimum absolute atomic E-state index is 0.0943. The molecule has 0 atom stereocenters. The molecule has 3 aromatic rings. The summed E-state index contributed by atoms with van der Waals surface area (Å²) in [5.41, 5.74) is 1.83. The molecule has 0 spiro atoms. The van der Waals surface area contributed by atoms with Crippen molar-refractivity contribution in [1.82, 2.24) is 15.0 Å². The van der Waals surface area contributed by atoms with E-state index in [1.54, 1.807) is 17.0 Å². The molecule has 0 radical (unpaired) electrons. The summed E-state index contributed by atoms with van der Waals surface area (Å²) >= 11 is 1.31. The van der Waals surface area contributed by atoms with Gasteiger partial charge in [-0.15, -0.1) is 11.3 Å². The van der Waals surface area contributed by atoms with E-state index in [0.717, 1.165) is 16.1 Å². The molecule has 11 heteroatoms. The number of anilines is 1. The van der Waals surface area contributed by atoms with Crippen LogP contribution in [0.1, 0.15) is 16.3 Å². The number of carbonyl (C=O) groups excluding carboxylic acids is 1. The number of aromatic nitrogens is 2. The average molecular weight is 452 g/mol. The second-order valence-corrected chi connectivity index (χ2v) is 8.36. The monoisotopic (exact) mass is 452 g/mol. The lowest BCUT2D eigenvalue weighted by molar-refractivity contribution is -0.159. The molecule has 164 valence electrons. The molecule has 1 aliphatic rings. The maximum Gasteiger partial charge on any atom is 0.471 e. The Balaban J connectivity index is 1.40. The number of carbonyl (C=O) groups is 1. The number of nitrogens with zero attached hydrogens (tertiary/aromatic N) is 4. The fraction of sp³-hybridized carbons (Fsp3) is 0.350. The van der Waals surface area contributed by atoms with Crippen molar-refractivity contribution in [1.29, 1.82) is 0 Å². The lowest BCUT2D eigenvalue weighted by atomic mass is 10.1. The van der Waals surface area contributed by atoms with E-state index in [0.29, 0.717) is 30.1 Å². The van der Waals surface area contributed by atoms with Crippen LogP contribution in [-0.4, -0.2) is 48.2 Å². The highest BCUT2D eigenvalue weighted by Gasteiger charge is 2.38. The van der Waals surface area contributed by atoms with Crippen LogP contribution in [0.2, 0.25) is 0 Å². The van der Waals surface area contributed by atoms with Crippen molar-refractivity contribution in [3.8, 4) is 16.5 Å². The zero-order valence-corrected chi connectivity index (χ0v) is 17.6. The van der Waals surface area contributed by atoms with Crippen LogP contribution in [0.5, 0.6) is 5.75 Å². The number of thiophene rings is 1. The number of fused-ring (bicyclic) bond motifs is 1. The molecule has 7 nitrogen and oxygen atoms in total. The number of rotatable bonds is 5. The maximum absolute atomic E-state index is 12.7. The fourth-order valence-electron chi connectivity index (χ4n) is 3.18. The highest BCUT2D eigenvalue weighted by Crippen LogP contribution is 2.35. The van der Waals surface area contributed by atoms with E-state index in [1.165, 1.54) is 11.3 Å². The van der Waals surface area contributed by atoms with Crippen LogP contribution in [0.25, 0.3) is 10.7 Å². The minimum Gasteiger partial charge on any atom is -0.484 e. The summed E-state index contributed by atoms with van der Waals surface area (Å²) in [6, 6.07) is 9.16. The highest BCUT2D eigenvalue weighted by molar-refractivity contribution is 7.15. The lowest BCUT2D eigenvalue weighted by Gasteiger charge is -2.27. The third kappa shape index (κ3) is 4.66. The number of hydrogen-bond donors (Lipinski definition) is 0. The minimum atomic E-state index is -4.68. The summed E-state index contributed by atoms with van der Waals surface area (Å²) in [5.74, 6) is -1.03. The summed E-state index contributed by atoms with van der Waals surface area (Å²) in [6.45, 7) is 0.770. The normalized spacial score (nSPS) is 13.8. The van der Waals surface area contributed by atoms with E-state index >= 15 is 0 Å². The van der Waals surface area contributed by atoms with Crippen molar-refractivity contribution < 1.29 is 27.2 Å². The summed E-state index contributed by atoms with van der Waals surface area (Å²) in [5, 5.41) is 3.43. The topological polar surface area (TPSA) is 71.7 Å². The van der Waals surface area contributed by atoms with E-state index in [9.17, 15) is 18.0 Å². The molecule has 0 bridgehead atoms. The number of ether oxygens (including phenoxy) is 1. The van der Waals surface area contributed by atoms with Gasteiger partial charge in [-0.05, 0) is 30.2 Å². The molecule has 3 heterocycles. The number of hydrogen-bond acceptors (Lipinski definition) is 7. The highest BCUT2D eigenvalue weighted by atomic mass is 32.1. The zero-order valence-electron chi connectivity index (χ0n) is 16.8. The van der Waals surface area contributed by atoms with E-state index in [1.807, 2.05) is 37.2 Å². The molecular weight excluding hydrogens is 433 g/mol. The lowest BCUT2D eigenvalue weighted by Crippen LogP contribution is -2.38. The summed E-state index contributed by atoms with van der Waals surface area (Å²) in [4.78, 5) is 21.1. The molecule has 0 saturated carbocycles. The molecule has 4 rings (SSSR count). The number of benzene rings is 1. The fourth-order valence-corrected chi connectivity index (χ4v) is 4.27. The van der Waals surface area contributed by atoms with Crippen molar-refractivity contribution in [2.24, 2.45) is 0 Å². The molecule has 1 aliphatic heterocycles. The third-order valence-electron chi connectivity index (χ3n) is 4.80. The van der Waals surface area contributed by atoms with Gasteiger partial charge >= 0.3 is 12.1 Å². The second-order valence-electron chi connectivity index (χ2n) is 7.23. The Morgan fingerprint density at radius 1 is 1.32 bits per heavy atom. The van der Waals surface area contributed by atoms with Crippen LogP contribution in [0.3, 0.4) is 0 Å². The first kappa shape index (κ1) is 21.2. The quantitative estimate of drug-likeness (QED) is 0.586. The second kappa shape index (κ2) is 8.22. The molecule has 1 aromatic carbocycles. The van der Waals surface area contributed by atoms with E-state index in [-0.39, 0.29) is 18.3 Å². The van der Waals surface area contributed by atoms with Crippen LogP contribution in [0, 0.1) is 0 Å². The Morgan fingerprint density at radius 3 is 2.84 bits per heavy atom. The van der Waals surface area contributed by atoms with Gasteiger partial charge in [0.25, 0.3) is 5.91 Å². The summed E-state index contributed by atoms with van der Waals surface area (Å²) in [7, 11) is 3.84. The van der Waals surface area contributed by atoms with Gasteiger partial charge in [-0.3, -0.25) is 4.79 Å². The van der Waals surface area contributed by atoms with Crippen LogP contribution in [-0.2, 0) is 23.9 Å². The van der Waals surface area contributed by atoms with Gasteiger partial charge in [-0.1, -0.05) is 11.2 Å². The molecule has 0 saturated heterocycles. The molecule has 1 amide bonds. The Bertz CT molecular complexity index is 1090. The van der Waals surface area contributed by atoms with Gasteiger partial charge < -0.3 is 19.1 Å². The maximum atomic E-state index is 12.7. The van der Waals surface area contributed by atoms with Crippen molar-refractivity contribution >= 4 is 22.9 Å². The first-order chi connectivity index (χ1) is 14.7. The van der Waals surface area contributed by atoms with Crippen molar-refractivity contribution in [3.05, 3.63) is 46.7 Å². The molecule has 0 fully saturated rings. The zero-order chi connectivity index (χ0) is 22.2. The SMILES string of the molecule is CN(C)c1cccc(OCC(=O)N2CCc3sc(-c4noc(C(F)(F)F)n4)cc3C2)c1. The molecule has 0 N–H and O–H groups in total. The first-order valence-electron chi connectivity index (χ1n) is 9.41. The molecule has 0 aliphatic carbocycles. The van der Waals surface area contributed by atoms with E-state index < -0.39 is 12.1 Å². The van der Waals surface area contributed by atoms with Gasteiger partial charge in [-0.2, -0.15) is 18.2 Å². The van der Waals surface area contributed by atoms with Gasteiger partial charge in [0.15, 0.2) is 6.61 Å². The van der Waals surface area contributed by atoms with Crippen molar-refractivity contribution in [2.75, 3.05) is 32.1 Å². The van der Waals surface area contributed by atoms with Crippen molar-refractivity contribution in [3.63, 3.8) is 0 Å². The average Bonchev–Trinajstić information content (AvgIpc) is 3.38. The van der Waals surface area contributed by atoms with Gasteiger partial charge in [0, 0.05) is 43.8 Å². The third-order valence-corrected chi connectivity index (χ3v) is 6.04. The van der Waals surface area contributed by atoms with E-state index in [2.05, 4.69) is 14.7 Å². The Hall–Kier alpha value is -3.08. The predicted octanol–water partition coefficient (Wildman–Crippen LogP) is 3.85. The van der Waals surface area contributed by atoms with Crippen LogP contribution in [0.4, 0.5) is 18.9 Å².